The molecule has 0 aliphatic rings. The topological polar surface area (TPSA) is 715 Å². The molecule has 1 heterocycles. The highest BCUT2D eigenvalue weighted by Gasteiger charge is 2.38. The summed E-state index contributed by atoms with van der Waals surface area (Å²) >= 11 is 0. The van der Waals surface area contributed by atoms with Crippen LogP contribution in [0.5, 0.6) is 0 Å². The van der Waals surface area contributed by atoms with E-state index < -0.39 is 231 Å². The molecule has 12 atom stereocenters. The highest BCUT2D eigenvalue weighted by Crippen LogP contribution is 2.21. The van der Waals surface area contributed by atoms with Crippen LogP contribution in [-0.4, -0.2) is 243 Å². The molecule has 12 amide bonds. The van der Waals surface area contributed by atoms with E-state index in [1.165, 1.54) is 6.20 Å². The number of H-pyrrole nitrogens is 1. The number of carbonyl (C=O) groups is 16. The summed E-state index contributed by atoms with van der Waals surface area (Å²) in [4.78, 5) is 227. The monoisotopic (exact) mass is 1560 g/mol. The molecule has 2 aromatic rings. The Balaban J connectivity index is 2.69. The van der Waals surface area contributed by atoms with Crippen molar-refractivity contribution in [1.82, 2.24) is 68.8 Å². The molecule has 0 saturated carbocycles. The van der Waals surface area contributed by atoms with Gasteiger partial charge in [-0.05, 0) is 107 Å². The first-order valence-electron chi connectivity index (χ1n) is 36.0. The number of guanidine groups is 2. The third kappa shape index (κ3) is 36.5. The van der Waals surface area contributed by atoms with Crippen molar-refractivity contribution in [2.24, 2.45) is 62.1 Å². The second-order valence-corrected chi connectivity index (χ2v) is 27.1. The Hall–Kier alpha value is -11.3. The van der Waals surface area contributed by atoms with Gasteiger partial charge in [0.15, 0.2) is 11.9 Å². The number of aromatic nitrogens is 1. The maximum absolute atomic E-state index is 15.0. The number of benzene rings is 1. The summed E-state index contributed by atoms with van der Waals surface area (Å²) in [5.41, 5.74) is 34.3. The van der Waals surface area contributed by atoms with Crippen LogP contribution < -0.4 is 98.2 Å². The second kappa shape index (κ2) is 49.6. The predicted molar refractivity (Wildman–Crippen MR) is 397 cm³/mol. The number of fused-ring (bicyclic) bond motifs is 1. The largest absolute Gasteiger partial charge is 0.481 e. The van der Waals surface area contributed by atoms with Crippen LogP contribution in [0.3, 0.4) is 0 Å². The van der Waals surface area contributed by atoms with Crippen LogP contribution in [0.2, 0.25) is 0 Å². The first-order valence-corrected chi connectivity index (χ1v) is 36.0. The van der Waals surface area contributed by atoms with Crippen molar-refractivity contribution < 1.29 is 102 Å². The van der Waals surface area contributed by atoms with Gasteiger partial charge in [-0.3, -0.25) is 81.9 Å². The fourth-order valence-corrected chi connectivity index (χ4v) is 10.9. The highest BCUT2D eigenvalue weighted by molar-refractivity contribution is 6.00. The Morgan fingerprint density at radius 1 is 0.464 bits per heavy atom. The number of unbranched alkanes of at least 4 members (excludes halogenated alkanes) is 1. The summed E-state index contributed by atoms with van der Waals surface area (Å²) in [5, 5.41) is 78.2. The zero-order valence-corrected chi connectivity index (χ0v) is 62.7. The zero-order valence-electron chi connectivity index (χ0n) is 62.7. The molecular formula is C68H111N21O21. The molecular weight excluding hydrogens is 1450 g/mol. The molecule has 0 bridgehead atoms. The summed E-state index contributed by atoms with van der Waals surface area (Å²) < 4.78 is 0. The molecule has 0 aliphatic heterocycles. The number of carboxylic acids is 4. The number of nitrogens with two attached hydrogens (primary N) is 6. The van der Waals surface area contributed by atoms with Crippen LogP contribution in [-0.2, 0) is 83.1 Å². The number of aliphatic carboxylic acids is 4. The maximum atomic E-state index is 15.0. The molecule has 0 saturated heterocycles. The molecule has 30 N–H and O–H groups in total. The summed E-state index contributed by atoms with van der Waals surface area (Å²) in [6.07, 6.45) is -2.78. The van der Waals surface area contributed by atoms with Gasteiger partial charge in [0.1, 0.15) is 66.5 Å². The van der Waals surface area contributed by atoms with Crippen molar-refractivity contribution in [2.45, 2.75) is 211 Å². The Morgan fingerprint density at radius 3 is 1.36 bits per heavy atom. The zero-order chi connectivity index (χ0) is 82.9. The van der Waals surface area contributed by atoms with Crippen LogP contribution in [0, 0.1) is 17.8 Å². The number of nitrogens with one attached hydrogen (secondary N) is 13. The van der Waals surface area contributed by atoms with Crippen molar-refractivity contribution in [3.63, 3.8) is 0 Å². The van der Waals surface area contributed by atoms with E-state index in [2.05, 4.69) is 78.8 Å². The van der Waals surface area contributed by atoms with Crippen molar-refractivity contribution in [3.8, 4) is 0 Å². The lowest BCUT2D eigenvalue weighted by molar-refractivity contribution is -0.143. The molecule has 0 fully saturated rings. The molecule has 0 radical (unpaired) electrons. The van der Waals surface area contributed by atoms with E-state index in [9.17, 15) is 92.3 Å². The number of aliphatic imine (C=N–C) groups is 2. The van der Waals surface area contributed by atoms with Gasteiger partial charge in [-0.25, -0.2) is 4.79 Å². The molecule has 0 unspecified atom stereocenters. The van der Waals surface area contributed by atoms with Gasteiger partial charge in [-0.1, -0.05) is 66.2 Å². The average molecular weight is 1560 g/mol. The van der Waals surface area contributed by atoms with Crippen molar-refractivity contribution in [2.75, 3.05) is 39.3 Å². The van der Waals surface area contributed by atoms with Crippen LogP contribution in [0.25, 0.3) is 10.9 Å². The van der Waals surface area contributed by atoms with Gasteiger partial charge in [0.2, 0.25) is 70.9 Å². The van der Waals surface area contributed by atoms with Gasteiger partial charge in [-0.2, -0.15) is 0 Å². The van der Waals surface area contributed by atoms with Crippen LogP contribution >= 0.6 is 0 Å². The number of para-hydroxylation sites is 1. The molecule has 42 heteroatoms. The quantitative estimate of drug-likeness (QED) is 0.0166. The van der Waals surface area contributed by atoms with E-state index in [0.29, 0.717) is 22.9 Å². The molecule has 614 valence electrons. The number of aliphatic hydroxyl groups is 1. The average Bonchev–Trinajstić information content (AvgIpc) is 1.65. The molecule has 42 nitrogen and oxygen atoms in total. The Kier molecular flexibility index (Phi) is 42.7. The van der Waals surface area contributed by atoms with Gasteiger partial charge < -0.3 is 129 Å². The lowest BCUT2D eigenvalue weighted by Gasteiger charge is -2.30. The van der Waals surface area contributed by atoms with Gasteiger partial charge in [0, 0.05) is 49.5 Å². The highest BCUT2D eigenvalue weighted by atomic mass is 16.4. The first kappa shape index (κ1) is 94.8. The van der Waals surface area contributed by atoms with Crippen LogP contribution in [0.4, 0.5) is 0 Å². The molecule has 1 aromatic carbocycles. The van der Waals surface area contributed by atoms with E-state index in [-0.39, 0.29) is 95.3 Å². The molecule has 0 aliphatic carbocycles. The standard InChI is InChI=1S/C68H111N21O21/c1-7-36(6)55(65(108)84-43(18-13-25-76-68(73)74)58(101)88-49(66(109)110)27-35(4)5)89-61(104)41(16-10-11-23-69)81-60(103)45(20-22-53(95)96)83-63(106)47(28-37-30-77-40-15-9-8-14-38(37)40)86-57(100)42(17-12-24-75-67(71)72)82-64(107)48(29-54(97)98)87-62(105)46(26-34(2)3)85-59(102)44(19-21-52(93)94)80-51(92)32-78-50(91)31-79-56(99)39(70)33-90/h8-9,14-15,30,34-36,39,41-49,55,77,90H,7,10-13,16-29,31-33,69-70H2,1-6H3,(H,78,91)(H,79,99)(H,80,92)(H,81,103)(H,82,107)(H,83,106)(H,84,108)(H,85,102)(H,86,100)(H,87,105)(H,88,101)(H,89,104)(H,93,94)(H,95,96)(H,97,98)(H,109,110)(H4,71,72,75)(H4,73,74,76)/t36-,39-,41-,42-,43-,44-,45-,46-,47-,48-,49-,55-/m0/s1. The SMILES string of the molecule is CC[C@H](C)[C@H](NC(=O)[C@H](CCCCN)NC(=O)[C@H](CCC(=O)O)NC(=O)[C@H](Cc1c[nH]c2ccccc12)NC(=O)[C@H](CCCN=C(N)N)NC(=O)[C@H](CC(=O)O)NC(=O)[C@H](CC(C)C)NC(=O)[C@H](CCC(=O)O)NC(=O)CNC(=O)CNC(=O)[C@@H](N)CO)C(=O)N[C@@H](CCCN=C(N)N)C(=O)N[C@@H](CC(C)C)C(=O)O. The second-order valence-electron chi connectivity index (χ2n) is 27.1. The Labute approximate surface area is 634 Å². The molecule has 2 rings (SSSR count). The lowest BCUT2D eigenvalue weighted by atomic mass is 9.96. The minimum Gasteiger partial charge on any atom is -0.481 e. The number of aromatic amines is 1. The van der Waals surface area contributed by atoms with Gasteiger partial charge in [0.25, 0.3) is 0 Å². The minimum atomic E-state index is -2.06. The van der Waals surface area contributed by atoms with E-state index in [1.54, 1.807) is 65.8 Å². The maximum Gasteiger partial charge on any atom is 0.326 e. The van der Waals surface area contributed by atoms with E-state index in [4.69, 9.17) is 39.5 Å². The third-order valence-corrected chi connectivity index (χ3v) is 16.9. The van der Waals surface area contributed by atoms with E-state index >= 15 is 4.79 Å². The summed E-state index contributed by atoms with van der Waals surface area (Å²) in [6, 6.07) is -11.0. The molecule has 1 aromatic heterocycles. The lowest BCUT2D eigenvalue weighted by Crippen LogP contribution is -2.61. The number of aliphatic hydroxyl groups excluding tert-OH is 1. The van der Waals surface area contributed by atoms with Crippen LogP contribution in [0.1, 0.15) is 143 Å². The van der Waals surface area contributed by atoms with Gasteiger partial charge in [0.05, 0.1) is 26.1 Å². The number of amides is 12. The number of rotatable bonds is 54. The molecule has 110 heavy (non-hydrogen) atoms. The van der Waals surface area contributed by atoms with Gasteiger partial charge in [-0.15, -0.1) is 0 Å². The summed E-state index contributed by atoms with van der Waals surface area (Å²) in [7, 11) is 0. The minimum absolute atomic E-state index is 0.0169. The van der Waals surface area contributed by atoms with Crippen molar-refractivity contribution in [3.05, 3.63) is 36.0 Å². The Morgan fingerprint density at radius 2 is 0.882 bits per heavy atom. The van der Waals surface area contributed by atoms with Gasteiger partial charge >= 0.3 is 23.9 Å². The Bertz CT molecular complexity index is 3530. The normalized spacial score (nSPS) is 14.4. The molecule has 0 spiro atoms. The van der Waals surface area contributed by atoms with Crippen molar-refractivity contribution in [1.29, 1.82) is 0 Å². The fourth-order valence-electron chi connectivity index (χ4n) is 10.9. The summed E-state index contributed by atoms with van der Waals surface area (Å²) in [6.45, 7) is 7.79. The predicted octanol–water partition coefficient (Wildman–Crippen LogP) is -6.23. The van der Waals surface area contributed by atoms with Crippen molar-refractivity contribution >= 4 is 118 Å². The number of hydrogen-bond donors (Lipinski definition) is 24. The fraction of sp³-hybridized carbons (Fsp3) is 0.618. The number of hydrogen-bond acceptors (Lipinski definition) is 21. The number of carbonyl (C=O) groups excluding carboxylic acids is 12. The van der Waals surface area contributed by atoms with Crippen LogP contribution in [0.15, 0.2) is 40.4 Å². The van der Waals surface area contributed by atoms with E-state index in [1.807, 2.05) is 0 Å². The number of nitrogens with zero attached hydrogens (tertiary/aromatic N) is 2. The smallest absolute Gasteiger partial charge is 0.326 e. The van der Waals surface area contributed by atoms with E-state index in [0.717, 1.165) is 0 Å². The number of carboxylic acid groups (broad SMARTS) is 4. The summed E-state index contributed by atoms with van der Waals surface area (Å²) in [5.74, 6) is -20.3. The first-order chi connectivity index (χ1) is 51.8. The third-order valence-electron chi connectivity index (χ3n) is 16.9.